The van der Waals surface area contributed by atoms with E-state index in [4.69, 9.17) is 14.2 Å². The molecule has 0 saturated carbocycles. The van der Waals surface area contributed by atoms with Crippen LogP contribution in [-0.4, -0.2) is 36.2 Å². The van der Waals surface area contributed by atoms with Gasteiger partial charge in [0, 0.05) is 17.7 Å². The predicted octanol–water partition coefficient (Wildman–Crippen LogP) is 4.89. The van der Waals surface area contributed by atoms with Crippen LogP contribution < -0.4 is 19.6 Å². The smallest absolute Gasteiger partial charge is 0.343 e. The minimum atomic E-state index is -0.937. The number of methoxy groups -OCH3 is 1. The molecule has 4 aromatic rings. The maximum atomic E-state index is 12.8. The van der Waals surface area contributed by atoms with Crippen molar-refractivity contribution in [3.05, 3.63) is 106 Å². The number of nitrogens with one attached hydrogen (secondary N) is 1. The third-order valence-electron chi connectivity index (χ3n) is 5.56. The number of hydrogen-bond acceptors (Lipinski definition) is 8. The van der Waals surface area contributed by atoms with Gasteiger partial charge in [-0.1, -0.05) is 30.3 Å². The maximum absolute atomic E-state index is 12.8. The predicted molar refractivity (Wildman–Crippen MR) is 141 cm³/mol. The molecule has 0 aliphatic rings. The number of non-ortho nitro benzene ring substituents is 1. The molecule has 1 amide bonds. The fraction of sp³-hybridized carbons (Fsp3) is 0.107. The molecule has 38 heavy (non-hydrogen) atoms. The second-order valence-corrected chi connectivity index (χ2v) is 8.06. The van der Waals surface area contributed by atoms with E-state index in [-0.39, 0.29) is 11.4 Å². The van der Waals surface area contributed by atoms with E-state index < -0.39 is 22.9 Å². The quantitative estimate of drug-likeness (QED) is 0.111. The molecule has 0 unspecified atom stereocenters. The molecule has 0 aromatic heterocycles. The fourth-order valence-corrected chi connectivity index (χ4v) is 3.54. The van der Waals surface area contributed by atoms with Crippen molar-refractivity contribution in [2.75, 3.05) is 7.11 Å². The second-order valence-electron chi connectivity index (χ2n) is 8.06. The summed E-state index contributed by atoms with van der Waals surface area (Å²) in [5, 5.41) is 16.5. The molecule has 0 fully saturated rings. The number of hydrazone groups is 1. The highest BCUT2D eigenvalue weighted by molar-refractivity contribution is 6.04. The van der Waals surface area contributed by atoms with Gasteiger partial charge >= 0.3 is 5.97 Å². The lowest BCUT2D eigenvalue weighted by molar-refractivity contribution is -0.384. The molecular weight excluding hydrogens is 490 g/mol. The number of carbonyl (C=O) groups is 2. The van der Waals surface area contributed by atoms with Crippen LogP contribution in [0.4, 0.5) is 5.69 Å². The normalized spacial score (nSPS) is 11.6. The van der Waals surface area contributed by atoms with Crippen molar-refractivity contribution in [2.45, 2.75) is 13.0 Å². The van der Waals surface area contributed by atoms with Crippen LogP contribution in [0.5, 0.6) is 17.2 Å². The van der Waals surface area contributed by atoms with E-state index in [0.29, 0.717) is 22.6 Å². The van der Waals surface area contributed by atoms with Gasteiger partial charge in [-0.3, -0.25) is 14.9 Å². The van der Waals surface area contributed by atoms with Gasteiger partial charge in [-0.05, 0) is 60.2 Å². The minimum absolute atomic E-state index is 0.0855. The summed E-state index contributed by atoms with van der Waals surface area (Å²) in [4.78, 5) is 35.6. The lowest BCUT2D eigenvalue weighted by Gasteiger charge is -2.13. The molecule has 1 N–H and O–H groups in total. The van der Waals surface area contributed by atoms with Crippen LogP contribution in [0, 0.1) is 10.1 Å². The van der Waals surface area contributed by atoms with Crippen LogP contribution in [-0.2, 0) is 4.79 Å². The first-order chi connectivity index (χ1) is 18.4. The number of nitro benzene ring substituents is 1. The molecule has 4 rings (SSSR count). The molecule has 10 nitrogen and oxygen atoms in total. The number of benzene rings is 4. The standard InChI is InChI=1S/C28H23N3O7/c1-18(37-23-14-10-21(11-15-23)31(34)35)27(32)30-29-17-25-24-6-4-3-5-19(24)9-16-26(25)38-28(33)20-7-12-22(36-2)13-8-20/h3-18H,1-2H3,(H,30,32)/b29-17-/t18-/m1/s1. The summed E-state index contributed by atoms with van der Waals surface area (Å²) in [5.41, 5.74) is 3.16. The first-order valence-electron chi connectivity index (χ1n) is 11.5. The van der Waals surface area contributed by atoms with Gasteiger partial charge in [0.2, 0.25) is 0 Å². The van der Waals surface area contributed by atoms with Gasteiger partial charge in [-0.15, -0.1) is 0 Å². The van der Waals surface area contributed by atoms with Crippen molar-refractivity contribution >= 4 is 34.6 Å². The third kappa shape index (κ3) is 6.11. The van der Waals surface area contributed by atoms with Gasteiger partial charge in [0.15, 0.2) is 6.10 Å². The van der Waals surface area contributed by atoms with Crippen LogP contribution in [0.3, 0.4) is 0 Å². The summed E-state index contributed by atoms with van der Waals surface area (Å²) < 4.78 is 16.3. The Kier molecular flexibility index (Phi) is 7.92. The summed E-state index contributed by atoms with van der Waals surface area (Å²) in [6, 6.07) is 22.9. The number of fused-ring (bicyclic) bond motifs is 1. The molecule has 192 valence electrons. The van der Waals surface area contributed by atoms with Crippen LogP contribution in [0.25, 0.3) is 10.8 Å². The number of carbonyl (C=O) groups excluding carboxylic acids is 2. The zero-order valence-electron chi connectivity index (χ0n) is 20.5. The van der Waals surface area contributed by atoms with Crippen LogP contribution in [0.2, 0.25) is 0 Å². The number of nitro groups is 1. The average Bonchev–Trinajstić information content (AvgIpc) is 2.94. The molecule has 0 bridgehead atoms. The number of rotatable bonds is 9. The topological polar surface area (TPSA) is 129 Å². The zero-order chi connectivity index (χ0) is 27.1. The second kappa shape index (κ2) is 11.7. The van der Waals surface area contributed by atoms with Crippen LogP contribution in [0.1, 0.15) is 22.8 Å². The fourth-order valence-electron chi connectivity index (χ4n) is 3.54. The summed E-state index contributed by atoms with van der Waals surface area (Å²) in [6.07, 6.45) is 0.462. The first-order valence-corrected chi connectivity index (χ1v) is 11.5. The van der Waals surface area contributed by atoms with Crippen molar-refractivity contribution in [1.29, 1.82) is 0 Å². The van der Waals surface area contributed by atoms with E-state index in [2.05, 4.69) is 10.5 Å². The van der Waals surface area contributed by atoms with Crippen molar-refractivity contribution in [3.63, 3.8) is 0 Å². The number of hydrogen-bond donors (Lipinski definition) is 1. The number of ether oxygens (including phenoxy) is 3. The van der Waals surface area contributed by atoms with Gasteiger partial charge in [-0.2, -0.15) is 5.10 Å². The summed E-state index contributed by atoms with van der Waals surface area (Å²) >= 11 is 0. The van der Waals surface area contributed by atoms with Crippen molar-refractivity contribution < 1.29 is 28.7 Å². The Balaban J connectivity index is 1.49. The van der Waals surface area contributed by atoms with Crippen molar-refractivity contribution in [1.82, 2.24) is 5.43 Å². The SMILES string of the molecule is COc1ccc(C(=O)Oc2ccc3ccccc3c2/C=N\NC(=O)[C@@H](C)Oc2ccc([N+](=O)[O-])cc2)cc1. The summed E-state index contributed by atoms with van der Waals surface area (Å²) in [6.45, 7) is 1.52. The molecule has 0 aliphatic carbocycles. The molecule has 0 heterocycles. The largest absolute Gasteiger partial charge is 0.497 e. The highest BCUT2D eigenvalue weighted by Crippen LogP contribution is 2.28. The van der Waals surface area contributed by atoms with E-state index in [1.807, 2.05) is 30.3 Å². The van der Waals surface area contributed by atoms with Crippen LogP contribution >= 0.6 is 0 Å². The Labute approximate surface area is 217 Å². The molecule has 1 atom stereocenters. The first kappa shape index (κ1) is 25.8. The molecule has 0 radical (unpaired) electrons. The molecule has 0 saturated heterocycles. The molecular formula is C28H23N3O7. The van der Waals surface area contributed by atoms with Gasteiger partial charge in [0.1, 0.15) is 17.2 Å². The monoisotopic (exact) mass is 513 g/mol. The summed E-state index contributed by atoms with van der Waals surface area (Å²) in [7, 11) is 1.54. The molecule has 0 spiro atoms. The Bertz CT molecular complexity index is 1500. The molecule has 10 heteroatoms. The zero-order valence-corrected chi connectivity index (χ0v) is 20.5. The lowest BCUT2D eigenvalue weighted by atomic mass is 10.0. The maximum Gasteiger partial charge on any atom is 0.343 e. The van der Waals surface area contributed by atoms with Crippen molar-refractivity contribution in [2.24, 2.45) is 5.10 Å². The Hall–Kier alpha value is -5.25. The third-order valence-corrected chi connectivity index (χ3v) is 5.56. The van der Waals surface area contributed by atoms with Crippen molar-refractivity contribution in [3.8, 4) is 17.2 Å². The Morgan fingerprint density at radius 3 is 2.32 bits per heavy atom. The van der Waals surface area contributed by atoms with Gasteiger partial charge in [0.25, 0.3) is 11.6 Å². The van der Waals surface area contributed by atoms with E-state index in [1.165, 1.54) is 44.5 Å². The van der Waals surface area contributed by atoms with Crippen LogP contribution in [0.15, 0.2) is 90.0 Å². The highest BCUT2D eigenvalue weighted by atomic mass is 16.6. The van der Waals surface area contributed by atoms with E-state index in [0.717, 1.165) is 10.8 Å². The Morgan fingerprint density at radius 2 is 1.63 bits per heavy atom. The van der Waals surface area contributed by atoms with Gasteiger partial charge in [0.05, 0.1) is 23.8 Å². The van der Waals surface area contributed by atoms with E-state index >= 15 is 0 Å². The highest BCUT2D eigenvalue weighted by Gasteiger charge is 2.16. The minimum Gasteiger partial charge on any atom is -0.497 e. The number of esters is 1. The van der Waals surface area contributed by atoms with E-state index in [9.17, 15) is 19.7 Å². The van der Waals surface area contributed by atoms with E-state index in [1.54, 1.807) is 30.3 Å². The lowest BCUT2D eigenvalue weighted by Crippen LogP contribution is -2.33. The molecule has 0 aliphatic heterocycles. The number of nitrogens with zero attached hydrogens (tertiary/aromatic N) is 2. The van der Waals surface area contributed by atoms with Gasteiger partial charge < -0.3 is 14.2 Å². The molecule has 4 aromatic carbocycles. The van der Waals surface area contributed by atoms with Gasteiger partial charge in [-0.25, -0.2) is 10.2 Å². The Morgan fingerprint density at radius 1 is 0.947 bits per heavy atom. The summed E-state index contributed by atoms with van der Waals surface area (Å²) in [5.74, 6) is 0.0627. The number of amides is 1. The average molecular weight is 514 g/mol.